The van der Waals surface area contributed by atoms with Crippen molar-refractivity contribution in [2.45, 2.75) is 26.4 Å². The maximum Gasteiger partial charge on any atom is 0.311 e. The molecule has 1 aromatic carbocycles. The van der Waals surface area contributed by atoms with Gasteiger partial charge in [0, 0.05) is 5.56 Å². The normalized spacial score (nSPS) is 15.9. The lowest BCUT2D eigenvalue weighted by atomic mass is 9.83. The highest BCUT2D eigenvalue weighted by Gasteiger charge is 2.38. The Labute approximate surface area is 104 Å². The molecular weight excluding hydrogens is 242 g/mol. The summed E-state index contributed by atoms with van der Waals surface area (Å²) in [6.45, 7) is 4.06. The quantitative estimate of drug-likeness (QED) is 0.846. The van der Waals surface area contributed by atoms with Crippen molar-refractivity contribution in [3.05, 3.63) is 34.9 Å². The Morgan fingerprint density at radius 1 is 1.39 bits per heavy atom. The average Bonchev–Trinajstić information content (AvgIpc) is 2.31. The van der Waals surface area contributed by atoms with Gasteiger partial charge in [0.05, 0.1) is 13.0 Å². The Balaban J connectivity index is 3.27. The van der Waals surface area contributed by atoms with Crippen LogP contribution >= 0.6 is 0 Å². The van der Waals surface area contributed by atoms with E-state index in [0.717, 1.165) is 12.1 Å². The lowest BCUT2D eigenvalue weighted by Gasteiger charge is -2.29. The van der Waals surface area contributed by atoms with Gasteiger partial charge < -0.3 is 9.84 Å². The molecule has 1 N–H and O–H groups in total. The van der Waals surface area contributed by atoms with E-state index in [-0.39, 0.29) is 11.1 Å². The summed E-state index contributed by atoms with van der Waals surface area (Å²) in [4.78, 5) is 11.4. The molecule has 0 spiro atoms. The molecule has 2 unspecified atom stereocenters. The number of esters is 1. The minimum absolute atomic E-state index is 0.137. The molecule has 0 amide bonds. The van der Waals surface area contributed by atoms with E-state index in [1.165, 1.54) is 27.9 Å². The number of ether oxygens (including phenoxy) is 1. The molecule has 0 radical (unpaired) electrons. The molecule has 18 heavy (non-hydrogen) atoms. The summed E-state index contributed by atoms with van der Waals surface area (Å²) in [5, 5.41) is 10.2. The number of methoxy groups -OCH3 is 1. The third kappa shape index (κ3) is 2.51. The van der Waals surface area contributed by atoms with Crippen molar-refractivity contribution in [2.24, 2.45) is 5.92 Å². The SMILES string of the molecule is COC(=O)C(C)C(C)(O)c1cc(F)c(C)cc1F. The summed E-state index contributed by atoms with van der Waals surface area (Å²) in [7, 11) is 1.17. The molecule has 0 heterocycles. The first kappa shape index (κ1) is 14.6. The number of hydrogen-bond donors (Lipinski definition) is 1. The van der Waals surface area contributed by atoms with Crippen molar-refractivity contribution in [3.63, 3.8) is 0 Å². The first-order valence-corrected chi connectivity index (χ1v) is 5.48. The third-order valence-corrected chi connectivity index (χ3v) is 3.19. The van der Waals surface area contributed by atoms with E-state index < -0.39 is 29.1 Å². The lowest BCUT2D eigenvalue weighted by molar-refractivity contribution is -0.154. The molecule has 0 aliphatic heterocycles. The highest BCUT2D eigenvalue weighted by molar-refractivity contribution is 5.73. The van der Waals surface area contributed by atoms with Crippen LogP contribution < -0.4 is 0 Å². The summed E-state index contributed by atoms with van der Waals surface area (Å²) in [6.07, 6.45) is 0. The Morgan fingerprint density at radius 3 is 2.44 bits per heavy atom. The van der Waals surface area contributed by atoms with Crippen LogP contribution in [-0.2, 0) is 15.1 Å². The maximum absolute atomic E-state index is 13.8. The summed E-state index contributed by atoms with van der Waals surface area (Å²) < 4.78 is 31.7. The molecular formula is C13H16F2O3. The minimum atomic E-state index is -1.84. The molecule has 1 rings (SSSR count). The Kier molecular flexibility index (Phi) is 4.06. The van der Waals surface area contributed by atoms with Crippen LogP contribution in [0.25, 0.3) is 0 Å². The Hall–Kier alpha value is -1.49. The molecule has 0 saturated carbocycles. The maximum atomic E-state index is 13.8. The molecule has 5 heteroatoms. The zero-order valence-corrected chi connectivity index (χ0v) is 10.8. The van der Waals surface area contributed by atoms with E-state index in [2.05, 4.69) is 4.74 Å². The van der Waals surface area contributed by atoms with Crippen molar-refractivity contribution in [2.75, 3.05) is 7.11 Å². The van der Waals surface area contributed by atoms with Crippen LogP contribution in [0.1, 0.15) is 25.0 Å². The number of benzene rings is 1. The molecule has 1 aromatic rings. The van der Waals surface area contributed by atoms with Gasteiger partial charge in [0.25, 0.3) is 0 Å². The molecule has 0 aromatic heterocycles. The first-order valence-electron chi connectivity index (χ1n) is 5.48. The molecule has 0 aliphatic rings. The van der Waals surface area contributed by atoms with Gasteiger partial charge in [0.15, 0.2) is 0 Å². The number of rotatable bonds is 3. The summed E-state index contributed by atoms with van der Waals surface area (Å²) in [6, 6.07) is 1.90. The van der Waals surface area contributed by atoms with Crippen molar-refractivity contribution in [1.82, 2.24) is 0 Å². The van der Waals surface area contributed by atoms with Gasteiger partial charge in [0.1, 0.15) is 17.2 Å². The van der Waals surface area contributed by atoms with Gasteiger partial charge >= 0.3 is 5.97 Å². The van der Waals surface area contributed by atoms with Crippen molar-refractivity contribution < 1.29 is 23.4 Å². The topological polar surface area (TPSA) is 46.5 Å². The second-order valence-corrected chi connectivity index (χ2v) is 4.47. The fourth-order valence-corrected chi connectivity index (χ4v) is 1.67. The number of hydrogen-bond acceptors (Lipinski definition) is 3. The fraction of sp³-hybridized carbons (Fsp3) is 0.462. The number of carbonyl (C=O) groups is 1. The largest absolute Gasteiger partial charge is 0.469 e. The number of carbonyl (C=O) groups excluding carboxylic acids is 1. The number of aliphatic hydroxyl groups is 1. The standard InChI is InChI=1S/C13H16F2O3/c1-7-5-11(15)9(6-10(7)14)13(3,17)8(2)12(16)18-4/h5-6,8,17H,1-4H3. The number of halogens is 2. The zero-order valence-electron chi connectivity index (χ0n) is 10.8. The van der Waals surface area contributed by atoms with Gasteiger partial charge in [0.2, 0.25) is 0 Å². The molecule has 0 fully saturated rings. The van der Waals surface area contributed by atoms with Crippen LogP contribution in [0.4, 0.5) is 8.78 Å². The van der Waals surface area contributed by atoms with Crippen LogP contribution in [0.3, 0.4) is 0 Å². The van der Waals surface area contributed by atoms with Crippen molar-refractivity contribution >= 4 is 5.97 Å². The second kappa shape index (κ2) is 5.02. The fourth-order valence-electron chi connectivity index (χ4n) is 1.67. The van der Waals surface area contributed by atoms with Crippen molar-refractivity contribution in [3.8, 4) is 0 Å². The Morgan fingerprint density at radius 2 is 1.94 bits per heavy atom. The van der Waals surface area contributed by atoms with Crippen LogP contribution in [0.15, 0.2) is 12.1 Å². The van der Waals surface area contributed by atoms with E-state index in [0.29, 0.717) is 0 Å². The third-order valence-electron chi connectivity index (χ3n) is 3.19. The van der Waals surface area contributed by atoms with Gasteiger partial charge in [-0.2, -0.15) is 0 Å². The first-order chi connectivity index (χ1) is 8.21. The van der Waals surface area contributed by atoms with E-state index in [1.54, 1.807) is 0 Å². The smallest absolute Gasteiger partial charge is 0.311 e. The predicted octanol–water partition coefficient (Wildman–Crippen LogP) is 2.29. The summed E-state index contributed by atoms with van der Waals surface area (Å²) in [5.41, 5.74) is -1.97. The molecule has 2 atom stereocenters. The average molecular weight is 258 g/mol. The minimum Gasteiger partial charge on any atom is -0.469 e. The van der Waals surface area contributed by atoms with E-state index in [1.807, 2.05) is 0 Å². The van der Waals surface area contributed by atoms with Gasteiger partial charge in [-0.3, -0.25) is 4.79 Å². The van der Waals surface area contributed by atoms with E-state index in [4.69, 9.17) is 0 Å². The highest BCUT2D eigenvalue weighted by atomic mass is 19.1. The van der Waals surface area contributed by atoms with Crippen LogP contribution in [0, 0.1) is 24.5 Å². The second-order valence-electron chi connectivity index (χ2n) is 4.47. The Bertz CT molecular complexity index is 470. The predicted molar refractivity (Wildman–Crippen MR) is 61.8 cm³/mol. The van der Waals surface area contributed by atoms with Gasteiger partial charge in [-0.15, -0.1) is 0 Å². The molecule has 0 bridgehead atoms. The number of aryl methyl sites for hydroxylation is 1. The van der Waals surface area contributed by atoms with Gasteiger partial charge in [-0.25, -0.2) is 8.78 Å². The van der Waals surface area contributed by atoms with Gasteiger partial charge in [-0.05, 0) is 38.5 Å². The molecule has 3 nitrogen and oxygen atoms in total. The van der Waals surface area contributed by atoms with Crippen LogP contribution in [-0.4, -0.2) is 18.2 Å². The summed E-state index contributed by atoms with van der Waals surface area (Å²) in [5.74, 6) is -3.10. The van der Waals surface area contributed by atoms with E-state index in [9.17, 15) is 18.7 Å². The molecule has 0 saturated heterocycles. The van der Waals surface area contributed by atoms with Crippen LogP contribution in [0.5, 0.6) is 0 Å². The zero-order chi connectivity index (χ0) is 14.1. The van der Waals surface area contributed by atoms with Crippen molar-refractivity contribution in [1.29, 1.82) is 0 Å². The summed E-state index contributed by atoms with van der Waals surface area (Å²) >= 11 is 0. The highest BCUT2D eigenvalue weighted by Crippen LogP contribution is 2.33. The molecule has 0 aliphatic carbocycles. The molecule has 100 valence electrons. The lowest BCUT2D eigenvalue weighted by Crippen LogP contribution is -2.37. The monoisotopic (exact) mass is 258 g/mol. The van der Waals surface area contributed by atoms with Gasteiger partial charge in [-0.1, -0.05) is 0 Å². The van der Waals surface area contributed by atoms with Crippen LogP contribution in [0.2, 0.25) is 0 Å². The van der Waals surface area contributed by atoms with E-state index >= 15 is 0 Å².